The second-order valence-corrected chi connectivity index (χ2v) is 9.35. The Morgan fingerprint density at radius 1 is 0.938 bits per heavy atom. The van der Waals surface area contributed by atoms with Gasteiger partial charge in [-0.05, 0) is 53.2 Å². The van der Waals surface area contributed by atoms with Gasteiger partial charge in [0.15, 0.2) is 0 Å². The van der Waals surface area contributed by atoms with Crippen LogP contribution in [-0.4, -0.2) is 29.8 Å². The number of fused-ring (bicyclic) bond motifs is 3. The Morgan fingerprint density at radius 2 is 1.78 bits per heavy atom. The molecule has 2 aromatic heterocycles. The molecular formula is C28H24N2OS. The number of carbonyl (C=O) groups excluding carboxylic acids is 1. The van der Waals surface area contributed by atoms with Gasteiger partial charge in [-0.3, -0.25) is 9.78 Å². The Kier molecular flexibility index (Phi) is 5.80. The molecule has 32 heavy (non-hydrogen) atoms. The highest BCUT2D eigenvalue weighted by molar-refractivity contribution is 7.19. The first-order chi connectivity index (χ1) is 15.7. The first-order valence-electron chi connectivity index (χ1n) is 10.7. The van der Waals surface area contributed by atoms with Gasteiger partial charge in [0.05, 0.1) is 0 Å². The van der Waals surface area contributed by atoms with Gasteiger partial charge in [0.1, 0.15) is 6.29 Å². The van der Waals surface area contributed by atoms with Crippen molar-refractivity contribution in [2.45, 2.75) is 12.5 Å². The smallest absolute Gasteiger partial charge is 0.150 e. The second kappa shape index (κ2) is 9.03. The number of pyridine rings is 1. The highest BCUT2D eigenvalue weighted by atomic mass is 32.1. The number of benzene rings is 3. The fourth-order valence-corrected chi connectivity index (χ4v) is 5.55. The molecule has 1 aliphatic rings. The summed E-state index contributed by atoms with van der Waals surface area (Å²) in [5, 5.41) is 3.48. The fourth-order valence-electron chi connectivity index (χ4n) is 4.38. The van der Waals surface area contributed by atoms with E-state index in [2.05, 4.69) is 71.5 Å². The lowest BCUT2D eigenvalue weighted by molar-refractivity contribution is 0.112. The molecule has 0 aliphatic carbocycles. The molecule has 0 bridgehead atoms. The van der Waals surface area contributed by atoms with Crippen molar-refractivity contribution in [1.82, 2.24) is 9.88 Å². The maximum absolute atomic E-state index is 10.4. The van der Waals surface area contributed by atoms with E-state index in [0.717, 1.165) is 30.1 Å². The summed E-state index contributed by atoms with van der Waals surface area (Å²) in [5.41, 5.74) is 3.68. The summed E-state index contributed by atoms with van der Waals surface area (Å²) >= 11 is 1.94. The Bertz CT molecular complexity index is 1360. The molecule has 4 heteroatoms. The van der Waals surface area contributed by atoms with E-state index >= 15 is 0 Å². The Morgan fingerprint density at radius 3 is 2.66 bits per heavy atom. The van der Waals surface area contributed by atoms with Gasteiger partial charge in [0.25, 0.3) is 0 Å². The normalized spacial score (nSPS) is 15.7. The number of thiophene rings is 1. The molecule has 0 amide bonds. The van der Waals surface area contributed by atoms with Crippen LogP contribution < -0.4 is 0 Å². The van der Waals surface area contributed by atoms with Crippen LogP contribution in [0.1, 0.15) is 32.3 Å². The van der Waals surface area contributed by atoms with E-state index in [1.54, 1.807) is 18.5 Å². The van der Waals surface area contributed by atoms with Gasteiger partial charge in [-0.1, -0.05) is 54.6 Å². The lowest BCUT2D eigenvalue weighted by Crippen LogP contribution is -2.30. The summed E-state index contributed by atoms with van der Waals surface area (Å²) in [7, 11) is 2.22. The van der Waals surface area contributed by atoms with E-state index < -0.39 is 0 Å². The quantitative estimate of drug-likeness (QED) is 0.295. The second-order valence-electron chi connectivity index (χ2n) is 8.23. The van der Waals surface area contributed by atoms with Crippen molar-refractivity contribution >= 4 is 38.5 Å². The first kappa shape index (κ1) is 20.6. The molecule has 1 aliphatic heterocycles. The Hall–Kier alpha value is -3.34. The third-order valence-electron chi connectivity index (χ3n) is 5.95. The standard InChI is InChI=1S/C18H17NS.C10H7NO/c1-19-11-14-7-2-4-8-15(14)16(12-19)18-10-13-6-3-5-9-17(13)20-18;12-7-8-1-2-9-3-4-11-6-10(9)5-8/h2-10,16H,11-12H2,1H3;1-7H. The van der Waals surface area contributed by atoms with Crippen LogP contribution in [0.3, 0.4) is 0 Å². The van der Waals surface area contributed by atoms with E-state index in [4.69, 9.17) is 0 Å². The number of aromatic nitrogens is 1. The van der Waals surface area contributed by atoms with Gasteiger partial charge < -0.3 is 4.90 Å². The monoisotopic (exact) mass is 436 g/mol. The summed E-state index contributed by atoms with van der Waals surface area (Å²) < 4.78 is 1.40. The average molecular weight is 437 g/mol. The minimum absolute atomic E-state index is 0.516. The van der Waals surface area contributed by atoms with Crippen molar-refractivity contribution in [3.8, 4) is 0 Å². The molecule has 0 saturated heterocycles. The Balaban J connectivity index is 0.000000154. The molecule has 0 radical (unpaired) electrons. The third-order valence-corrected chi connectivity index (χ3v) is 7.18. The lowest BCUT2D eigenvalue weighted by Gasteiger charge is -2.31. The van der Waals surface area contributed by atoms with Gasteiger partial charge >= 0.3 is 0 Å². The molecule has 5 aromatic rings. The molecule has 6 rings (SSSR count). The van der Waals surface area contributed by atoms with Gasteiger partial charge in [-0.2, -0.15) is 0 Å². The zero-order valence-corrected chi connectivity index (χ0v) is 18.8. The molecule has 158 valence electrons. The van der Waals surface area contributed by atoms with Crippen LogP contribution in [0.2, 0.25) is 0 Å². The zero-order chi connectivity index (χ0) is 21.9. The van der Waals surface area contributed by atoms with Crippen molar-refractivity contribution < 1.29 is 4.79 Å². The SMILES string of the molecule is CN1Cc2ccccc2C(c2cc3ccccc3s2)C1.O=Cc1ccc2ccncc2c1. The van der Waals surface area contributed by atoms with E-state index in [9.17, 15) is 4.79 Å². The molecule has 3 aromatic carbocycles. The van der Waals surface area contributed by atoms with E-state index in [1.165, 1.54) is 26.1 Å². The highest BCUT2D eigenvalue weighted by Gasteiger charge is 2.25. The minimum atomic E-state index is 0.516. The molecule has 3 nitrogen and oxygen atoms in total. The molecule has 0 saturated carbocycles. The summed E-state index contributed by atoms with van der Waals surface area (Å²) in [6, 6.07) is 27.4. The first-order valence-corrected chi connectivity index (χ1v) is 11.6. The van der Waals surface area contributed by atoms with Crippen LogP contribution in [0.25, 0.3) is 20.9 Å². The molecule has 1 unspecified atom stereocenters. The van der Waals surface area contributed by atoms with Crippen LogP contribution in [0.4, 0.5) is 0 Å². The average Bonchev–Trinajstić information content (AvgIpc) is 3.28. The Labute approximate surface area is 192 Å². The largest absolute Gasteiger partial charge is 0.301 e. The number of likely N-dealkylation sites (N-methyl/N-ethyl adjacent to an activating group) is 1. The number of nitrogens with zero attached hydrogens (tertiary/aromatic N) is 2. The molecule has 0 spiro atoms. The molecule has 3 heterocycles. The third kappa shape index (κ3) is 4.20. The van der Waals surface area contributed by atoms with Crippen LogP contribution in [0.5, 0.6) is 0 Å². The topological polar surface area (TPSA) is 33.2 Å². The lowest BCUT2D eigenvalue weighted by atomic mass is 9.89. The van der Waals surface area contributed by atoms with Crippen LogP contribution in [0, 0.1) is 0 Å². The molecular weight excluding hydrogens is 412 g/mol. The molecule has 0 fully saturated rings. The highest BCUT2D eigenvalue weighted by Crippen LogP contribution is 2.38. The van der Waals surface area contributed by atoms with Crippen molar-refractivity contribution in [2.24, 2.45) is 0 Å². The van der Waals surface area contributed by atoms with Crippen molar-refractivity contribution in [1.29, 1.82) is 0 Å². The summed E-state index contributed by atoms with van der Waals surface area (Å²) in [6.45, 7) is 2.18. The van der Waals surface area contributed by atoms with Crippen LogP contribution in [0.15, 0.2) is 91.3 Å². The maximum atomic E-state index is 10.4. The van der Waals surface area contributed by atoms with Crippen LogP contribution in [-0.2, 0) is 6.54 Å². The summed E-state index contributed by atoms with van der Waals surface area (Å²) in [4.78, 5) is 18.3. The van der Waals surface area contributed by atoms with Gasteiger partial charge in [-0.25, -0.2) is 0 Å². The van der Waals surface area contributed by atoms with Crippen molar-refractivity contribution in [2.75, 3.05) is 13.6 Å². The van der Waals surface area contributed by atoms with E-state index in [1.807, 2.05) is 29.5 Å². The zero-order valence-electron chi connectivity index (χ0n) is 17.9. The summed E-state index contributed by atoms with van der Waals surface area (Å²) in [6.07, 6.45) is 4.33. The summed E-state index contributed by atoms with van der Waals surface area (Å²) in [5.74, 6) is 0.516. The number of rotatable bonds is 2. The van der Waals surface area contributed by atoms with E-state index in [-0.39, 0.29) is 0 Å². The minimum Gasteiger partial charge on any atom is -0.301 e. The van der Waals surface area contributed by atoms with Gasteiger partial charge in [0.2, 0.25) is 0 Å². The van der Waals surface area contributed by atoms with Crippen molar-refractivity contribution in [3.05, 3.63) is 113 Å². The fraction of sp³-hybridized carbons (Fsp3) is 0.143. The van der Waals surface area contributed by atoms with Crippen LogP contribution >= 0.6 is 11.3 Å². The maximum Gasteiger partial charge on any atom is 0.150 e. The number of aldehydes is 1. The molecule has 0 N–H and O–H groups in total. The predicted molar refractivity (Wildman–Crippen MR) is 134 cm³/mol. The van der Waals surface area contributed by atoms with Crippen molar-refractivity contribution in [3.63, 3.8) is 0 Å². The van der Waals surface area contributed by atoms with Gasteiger partial charge in [-0.15, -0.1) is 11.3 Å². The van der Waals surface area contributed by atoms with E-state index in [0.29, 0.717) is 11.5 Å². The van der Waals surface area contributed by atoms with Gasteiger partial charge in [0, 0.05) is 51.9 Å². The number of hydrogen-bond donors (Lipinski definition) is 0. The predicted octanol–water partition coefficient (Wildman–Crippen LogP) is 6.53. The number of hydrogen-bond acceptors (Lipinski definition) is 4. The molecule has 1 atom stereocenters. The number of carbonyl (C=O) groups is 1.